The van der Waals surface area contributed by atoms with Gasteiger partial charge in [-0.3, -0.25) is 4.79 Å². The third-order valence-corrected chi connectivity index (χ3v) is 3.84. The molecule has 1 amide bonds. The monoisotopic (exact) mass is 238 g/mol. The minimum absolute atomic E-state index is 0.337. The van der Waals surface area contributed by atoms with Crippen molar-refractivity contribution >= 4 is 17.2 Å². The molecule has 2 rings (SSSR count). The van der Waals surface area contributed by atoms with E-state index in [1.807, 2.05) is 11.4 Å². The molecule has 0 aromatic carbocycles. The minimum Gasteiger partial charge on any atom is -0.366 e. The number of carbonyl (C=O) groups excluding carboxylic acids is 1. The summed E-state index contributed by atoms with van der Waals surface area (Å²) in [6.45, 7) is 1.92. The number of carbonyl (C=O) groups is 1. The Kier molecular flexibility index (Phi) is 3.96. The second-order valence-corrected chi connectivity index (χ2v) is 5.42. The van der Waals surface area contributed by atoms with E-state index < -0.39 is 0 Å². The van der Waals surface area contributed by atoms with Gasteiger partial charge in [-0.25, -0.2) is 0 Å². The zero-order chi connectivity index (χ0) is 11.4. The van der Waals surface area contributed by atoms with Crippen molar-refractivity contribution in [2.24, 2.45) is 11.7 Å². The van der Waals surface area contributed by atoms with E-state index in [1.165, 1.54) is 30.6 Å². The van der Waals surface area contributed by atoms with Gasteiger partial charge in [0, 0.05) is 16.8 Å². The highest BCUT2D eigenvalue weighted by atomic mass is 32.1. The van der Waals surface area contributed by atoms with Crippen LogP contribution in [0, 0.1) is 5.92 Å². The number of thiophene rings is 1. The highest BCUT2D eigenvalue weighted by Crippen LogP contribution is 2.33. The molecule has 0 unspecified atom stereocenters. The number of hydrogen-bond donors (Lipinski definition) is 2. The molecule has 3 nitrogen and oxygen atoms in total. The smallest absolute Gasteiger partial charge is 0.249 e. The van der Waals surface area contributed by atoms with E-state index in [0.717, 1.165) is 19.0 Å². The maximum absolute atomic E-state index is 10.9. The molecule has 3 N–H and O–H groups in total. The van der Waals surface area contributed by atoms with E-state index in [1.54, 1.807) is 11.3 Å². The highest BCUT2D eigenvalue weighted by Gasteiger charge is 2.19. The van der Waals surface area contributed by atoms with Crippen LogP contribution in [0.3, 0.4) is 0 Å². The number of rotatable bonds is 7. The van der Waals surface area contributed by atoms with Gasteiger partial charge in [-0.2, -0.15) is 0 Å². The van der Waals surface area contributed by atoms with Crippen LogP contribution in [0.2, 0.25) is 0 Å². The molecule has 0 saturated heterocycles. The van der Waals surface area contributed by atoms with E-state index in [2.05, 4.69) is 5.32 Å². The van der Waals surface area contributed by atoms with Crippen molar-refractivity contribution < 1.29 is 4.79 Å². The second-order valence-electron chi connectivity index (χ2n) is 4.43. The second kappa shape index (κ2) is 5.46. The van der Waals surface area contributed by atoms with Gasteiger partial charge >= 0.3 is 0 Å². The lowest BCUT2D eigenvalue weighted by Crippen LogP contribution is -2.14. The predicted molar refractivity (Wildman–Crippen MR) is 66.5 cm³/mol. The zero-order valence-corrected chi connectivity index (χ0v) is 10.2. The van der Waals surface area contributed by atoms with Crippen molar-refractivity contribution in [1.82, 2.24) is 5.32 Å². The Bertz CT molecular complexity index is 358. The minimum atomic E-state index is -0.337. The molecule has 1 aromatic rings. The number of primary amides is 1. The Morgan fingerprint density at radius 3 is 3.00 bits per heavy atom. The maximum atomic E-state index is 10.9. The molecule has 0 atom stereocenters. The molecule has 16 heavy (non-hydrogen) atoms. The molecule has 0 spiro atoms. The first-order valence-electron chi connectivity index (χ1n) is 5.83. The normalized spacial score (nSPS) is 15.2. The Morgan fingerprint density at radius 2 is 2.38 bits per heavy atom. The fourth-order valence-electron chi connectivity index (χ4n) is 1.74. The first-order valence-corrected chi connectivity index (χ1v) is 6.71. The quantitative estimate of drug-likeness (QED) is 0.715. The highest BCUT2D eigenvalue weighted by molar-refractivity contribution is 7.10. The zero-order valence-electron chi connectivity index (χ0n) is 9.37. The van der Waals surface area contributed by atoms with Crippen LogP contribution in [0.5, 0.6) is 0 Å². The average Bonchev–Trinajstić information content (AvgIpc) is 2.94. The summed E-state index contributed by atoms with van der Waals surface area (Å²) in [5.41, 5.74) is 5.82. The van der Waals surface area contributed by atoms with Crippen LogP contribution in [-0.4, -0.2) is 12.5 Å². The van der Waals surface area contributed by atoms with Gasteiger partial charge in [0.25, 0.3) is 0 Å². The van der Waals surface area contributed by atoms with E-state index in [4.69, 9.17) is 5.73 Å². The van der Waals surface area contributed by atoms with Crippen LogP contribution in [0.15, 0.2) is 11.4 Å². The summed E-state index contributed by atoms with van der Waals surface area (Å²) < 4.78 is 0. The summed E-state index contributed by atoms with van der Waals surface area (Å²) in [7, 11) is 0. The Morgan fingerprint density at radius 1 is 1.56 bits per heavy atom. The summed E-state index contributed by atoms with van der Waals surface area (Å²) in [5.74, 6) is 0.682. The topological polar surface area (TPSA) is 55.1 Å². The number of nitrogens with two attached hydrogens (primary N) is 1. The number of nitrogens with one attached hydrogen (secondary N) is 1. The van der Waals surface area contributed by atoms with Crippen LogP contribution < -0.4 is 11.1 Å². The van der Waals surface area contributed by atoms with Gasteiger partial charge in [0.1, 0.15) is 0 Å². The van der Waals surface area contributed by atoms with Crippen molar-refractivity contribution in [3.05, 3.63) is 21.9 Å². The molecule has 1 heterocycles. The molecule has 1 aromatic heterocycles. The van der Waals surface area contributed by atoms with Crippen molar-refractivity contribution in [1.29, 1.82) is 0 Å². The Labute approximate surface area is 100 Å². The standard InChI is InChI=1S/C12H18N2OS/c13-12(15)10-6-11(16-8-10)7-14-5-1-2-9-3-4-9/h6,8-9,14H,1-5,7H2,(H2,13,15). The Hall–Kier alpha value is -0.870. The van der Waals surface area contributed by atoms with Gasteiger partial charge in [0.15, 0.2) is 0 Å². The van der Waals surface area contributed by atoms with E-state index >= 15 is 0 Å². The lowest BCUT2D eigenvalue weighted by molar-refractivity contribution is 0.100. The summed E-state index contributed by atoms with van der Waals surface area (Å²) in [5, 5.41) is 5.22. The number of hydrogen-bond acceptors (Lipinski definition) is 3. The van der Waals surface area contributed by atoms with Crippen LogP contribution >= 0.6 is 11.3 Å². The molecule has 1 aliphatic carbocycles. The van der Waals surface area contributed by atoms with Crippen molar-refractivity contribution in [3.63, 3.8) is 0 Å². The summed E-state index contributed by atoms with van der Waals surface area (Å²) >= 11 is 1.59. The lowest BCUT2D eigenvalue weighted by Gasteiger charge is -2.01. The summed E-state index contributed by atoms with van der Waals surface area (Å²) in [6, 6.07) is 1.88. The molecule has 0 bridgehead atoms. The molecule has 0 radical (unpaired) electrons. The molecule has 1 fully saturated rings. The molecule has 4 heteroatoms. The van der Waals surface area contributed by atoms with Crippen LogP contribution in [0.1, 0.15) is 40.9 Å². The lowest BCUT2D eigenvalue weighted by atomic mass is 10.2. The van der Waals surface area contributed by atoms with Gasteiger partial charge in [-0.1, -0.05) is 12.8 Å². The molecule has 1 saturated carbocycles. The fourth-order valence-corrected chi connectivity index (χ4v) is 2.58. The molecular weight excluding hydrogens is 220 g/mol. The van der Waals surface area contributed by atoms with Gasteiger partial charge < -0.3 is 11.1 Å². The largest absolute Gasteiger partial charge is 0.366 e. The number of amides is 1. The van der Waals surface area contributed by atoms with Crippen LogP contribution in [0.25, 0.3) is 0 Å². The average molecular weight is 238 g/mol. The summed E-state index contributed by atoms with van der Waals surface area (Å²) in [6.07, 6.45) is 5.50. The molecule has 88 valence electrons. The van der Waals surface area contributed by atoms with E-state index in [9.17, 15) is 4.79 Å². The van der Waals surface area contributed by atoms with Crippen LogP contribution in [0.4, 0.5) is 0 Å². The third-order valence-electron chi connectivity index (χ3n) is 2.90. The maximum Gasteiger partial charge on any atom is 0.249 e. The van der Waals surface area contributed by atoms with Crippen LogP contribution in [-0.2, 0) is 6.54 Å². The van der Waals surface area contributed by atoms with Crippen molar-refractivity contribution in [2.45, 2.75) is 32.2 Å². The van der Waals surface area contributed by atoms with E-state index in [-0.39, 0.29) is 5.91 Å². The van der Waals surface area contributed by atoms with Gasteiger partial charge in [-0.05, 0) is 31.4 Å². The predicted octanol–water partition coefficient (Wildman–Crippen LogP) is 2.13. The first-order chi connectivity index (χ1) is 7.75. The fraction of sp³-hybridized carbons (Fsp3) is 0.583. The molecule has 0 aliphatic heterocycles. The van der Waals surface area contributed by atoms with Crippen molar-refractivity contribution in [3.8, 4) is 0 Å². The first kappa shape index (κ1) is 11.6. The van der Waals surface area contributed by atoms with Crippen molar-refractivity contribution in [2.75, 3.05) is 6.54 Å². The van der Waals surface area contributed by atoms with Gasteiger partial charge in [0.2, 0.25) is 5.91 Å². The Balaban J connectivity index is 1.62. The third kappa shape index (κ3) is 3.61. The van der Waals surface area contributed by atoms with Gasteiger partial charge in [0.05, 0.1) is 5.56 Å². The molecular formula is C12H18N2OS. The SMILES string of the molecule is NC(=O)c1csc(CNCCCC2CC2)c1. The van der Waals surface area contributed by atoms with Gasteiger partial charge in [-0.15, -0.1) is 11.3 Å². The summed E-state index contributed by atoms with van der Waals surface area (Å²) in [4.78, 5) is 12.1. The van der Waals surface area contributed by atoms with E-state index in [0.29, 0.717) is 5.56 Å². The molecule has 1 aliphatic rings.